The maximum Gasteiger partial charge on any atom is 0.259 e. The number of aryl methyl sites for hydroxylation is 1. The normalized spacial score (nSPS) is 10.9. The van der Waals surface area contributed by atoms with Crippen LogP contribution in [0.5, 0.6) is 5.75 Å². The molecule has 23 heavy (non-hydrogen) atoms. The van der Waals surface area contributed by atoms with E-state index < -0.39 is 5.91 Å². The predicted molar refractivity (Wildman–Crippen MR) is 89.7 cm³/mol. The second-order valence-corrected chi connectivity index (χ2v) is 5.43. The first-order valence-electron chi connectivity index (χ1n) is 6.89. The fraction of sp³-hybridized carbons (Fsp3) is 0.111. The Balaban J connectivity index is 2.27. The van der Waals surface area contributed by atoms with Gasteiger partial charge in [0, 0.05) is 10.6 Å². The number of nitrogens with zero attached hydrogens (tertiary/aromatic N) is 1. The van der Waals surface area contributed by atoms with E-state index in [4.69, 9.17) is 27.3 Å². The van der Waals surface area contributed by atoms with Gasteiger partial charge in [0.1, 0.15) is 24.0 Å². The van der Waals surface area contributed by atoms with Crippen molar-refractivity contribution < 1.29 is 9.53 Å². The van der Waals surface area contributed by atoms with Crippen molar-refractivity contribution in [1.82, 2.24) is 0 Å². The Bertz CT molecular complexity index is 790. The zero-order chi connectivity index (χ0) is 16.8. The Morgan fingerprint density at radius 3 is 2.61 bits per heavy atom. The molecule has 0 bridgehead atoms. The zero-order valence-electron chi connectivity index (χ0n) is 12.5. The SMILES string of the molecule is Cc1ccc(COc2ccc(Cl)cc2/C=C(\C#N)C(N)=O)cc1. The highest BCUT2D eigenvalue weighted by molar-refractivity contribution is 6.30. The number of halogens is 1. The van der Waals surface area contributed by atoms with E-state index in [1.165, 1.54) is 11.6 Å². The van der Waals surface area contributed by atoms with Crippen molar-refractivity contribution in [3.63, 3.8) is 0 Å². The number of benzene rings is 2. The number of carbonyl (C=O) groups is 1. The molecule has 2 aromatic rings. The molecule has 116 valence electrons. The molecule has 0 aliphatic rings. The highest BCUT2D eigenvalue weighted by atomic mass is 35.5. The van der Waals surface area contributed by atoms with E-state index in [9.17, 15) is 4.79 Å². The van der Waals surface area contributed by atoms with Crippen LogP contribution in [-0.4, -0.2) is 5.91 Å². The quantitative estimate of drug-likeness (QED) is 0.673. The van der Waals surface area contributed by atoms with Gasteiger partial charge in [-0.15, -0.1) is 0 Å². The second kappa shape index (κ2) is 7.48. The molecule has 0 aliphatic heterocycles. The summed E-state index contributed by atoms with van der Waals surface area (Å²) in [4.78, 5) is 11.2. The Kier molecular flexibility index (Phi) is 5.40. The van der Waals surface area contributed by atoms with E-state index in [0.717, 1.165) is 5.56 Å². The van der Waals surface area contributed by atoms with Gasteiger partial charge in [0.05, 0.1) is 0 Å². The monoisotopic (exact) mass is 326 g/mol. The summed E-state index contributed by atoms with van der Waals surface area (Å²) >= 11 is 5.97. The van der Waals surface area contributed by atoms with E-state index in [1.807, 2.05) is 31.2 Å². The minimum absolute atomic E-state index is 0.160. The van der Waals surface area contributed by atoms with Crippen LogP contribution in [0.15, 0.2) is 48.0 Å². The van der Waals surface area contributed by atoms with Crippen molar-refractivity contribution in [3.05, 3.63) is 69.8 Å². The third kappa shape index (κ3) is 4.60. The minimum Gasteiger partial charge on any atom is -0.488 e. The Morgan fingerprint density at radius 2 is 2.00 bits per heavy atom. The van der Waals surface area contributed by atoms with Gasteiger partial charge in [0.2, 0.25) is 0 Å². The average molecular weight is 327 g/mol. The number of hydrogen-bond acceptors (Lipinski definition) is 3. The number of nitrogens with two attached hydrogens (primary N) is 1. The summed E-state index contributed by atoms with van der Waals surface area (Å²) < 4.78 is 5.78. The Hall–Kier alpha value is -2.77. The molecular formula is C18H15ClN2O2. The number of nitriles is 1. The van der Waals surface area contributed by atoms with Gasteiger partial charge in [-0.05, 0) is 36.8 Å². The third-order valence-corrected chi connectivity index (χ3v) is 3.41. The summed E-state index contributed by atoms with van der Waals surface area (Å²) in [5.41, 5.74) is 7.71. The fourth-order valence-electron chi connectivity index (χ4n) is 1.92. The number of carbonyl (C=O) groups excluding carboxylic acids is 1. The predicted octanol–water partition coefficient (Wildman–Crippen LogP) is 3.62. The molecular weight excluding hydrogens is 312 g/mol. The molecule has 0 unspecified atom stereocenters. The average Bonchev–Trinajstić information content (AvgIpc) is 2.53. The lowest BCUT2D eigenvalue weighted by molar-refractivity contribution is -0.114. The maximum atomic E-state index is 11.2. The summed E-state index contributed by atoms with van der Waals surface area (Å²) in [5.74, 6) is -0.277. The number of amides is 1. The second-order valence-electron chi connectivity index (χ2n) is 4.99. The minimum atomic E-state index is -0.794. The molecule has 0 radical (unpaired) electrons. The first-order chi connectivity index (χ1) is 11.0. The highest BCUT2D eigenvalue weighted by Crippen LogP contribution is 2.26. The first kappa shape index (κ1) is 16.6. The number of rotatable bonds is 5. The molecule has 0 heterocycles. The van der Waals surface area contributed by atoms with Gasteiger partial charge >= 0.3 is 0 Å². The Labute approximate surface area is 139 Å². The van der Waals surface area contributed by atoms with E-state index in [2.05, 4.69) is 0 Å². The van der Waals surface area contributed by atoms with E-state index in [0.29, 0.717) is 22.9 Å². The Morgan fingerprint density at radius 1 is 1.30 bits per heavy atom. The molecule has 0 saturated carbocycles. The molecule has 2 rings (SSSR count). The molecule has 0 aromatic heterocycles. The van der Waals surface area contributed by atoms with Crippen LogP contribution in [0.2, 0.25) is 5.02 Å². The number of primary amides is 1. The van der Waals surface area contributed by atoms with Crippen LogP contribution >= 0.6 is 11.6 Å². The van der Waals surface area contributed by atoms with E-state index in [1.54, 1.807) is 24.3 Å². The summed E-state index contributed by atoms with van der Waals surface area (Å²) in [5, 5.41) is 9.43. The van der Waals surface area contributed by atoms with Crippen LogP contribution in [0, 0.1) is 18.3 Å². The van der Waals surface area contributed by atoms with Gasteiger partial charge in [0.25, 0.3) is 5.91 Å². The smallest absolute Gasteiger partial charge is 0.259 e. The lowest BCUT2D eigenvalue weighted by atomic mass is 10.1. The summed E-state index contributed by atoms with van der Waals surface area (Å²) in [6.07, 6.45) is 1.37. The van der Waals surface area contributed by atoms with Crippen LogP contribution < -0.4 is 10.5 Å². The molecule has 2 aromatic carbocycles. The fourth-order valence-corrected chi connectivity index (χ4v) is 2.10. The maximum absolute atomic E-state index is 11.2. The van der Waals surface area contributed by atoms with Crippen molar-refractivity contribution in [3.8, 4) is 11.8 Å². The molecule has 0 fully saturated rings. The molecule has 0 aliphatic carbocycles. The standard InChI is InChI=1S/C18H15ClN2O2/c1-12-2-4-13(5-3-12)11-23-17-7-6-16(19)9-14(17)8-15(10-20)18(21)22/h2-9H,11H2,1H3,(H2,21,22)/b15-8+. The van der Waals surface area contributed by atoms with E-state index >= 15 is 0 Å². The lowest BCUT2D eigenvalue weighted by Crippen LogP contribution is -2.12. The largest absolute Gasteiger partial charge is 0.488 e. The van der Waals surface area contributed by atoms with Crippen molar-refractivity contribution in [1.29, 1.82) is 5.26 Å². The van der Waals surface area contributed by atoms with Gasteiger partial charge in [0.15, 0.2) is 0 Å². The van der Waals surface area contributed by atoms with Crippen molar-refractivity contribution >= 4 is 23.6 Å². The third-order valence-electron chi connectivity index (χ3n) is 3.17. The van der Waals surface area contributed by atoms with Crippen LogP contribution in [0.3, 0.4) is 0 Å². The van der Waals surface area contributed by atoms with E-state index in [-0.39, 0.29) is 5.57 Å². The lowest BCUT2D eigenvalue weighted by Gasteiger charge is -2.10. The highest BCUT2D eigenvalue weighted by Gasteiger charge is 2.08. The van der Waals surface area contributed by atoms with Crippen LogP contribution in [0.4, 0.5) is 0 Å². The number of hydrogen-bond donors (Lipinski definition) is 1. The summed E-state index contributed by atoms with van der Waals surface area (Å²) in [7, 11) is 0. The first-order valence-corrected chi connectivity index (χ1v) is 7.27. The molecule has 0 atom stereocenters. The molecule has 5 heteroatoms. The summed E-state index contributed by atoms with van der Waals surface area (Å²) in [6, 6.07) is 14.7. The molecule has 1 amide bonds. The molecule has 0 spiro atoms. The van der Waals surface area contributed by atoms with Gasteiger partial charge in [-0.2, -0.15) is 5.26 Å². The van der Waals surface area contributed by atoms with Gasteiger partial charge in [-0.1, -0.05) is 41.4 Å². The van der Waals surface area contributed by atoms with Gasteiger partial charge in [-0.3, -0.25) is 4.79 Å². The van der Waals surface area contributed by atoms with Crippen molar-refractivity contribution in [2.24, 2.45) is 5.73 Å². The molecule has 2 N–H and O–H groups in total. The molecule has 0 saturated heterocycles. The van der Waals surface area contributed by atoms with Crippen molar-refractivity contribution in [2.75, 3.05) is 0 Å². The molecule has 4 nitrogen and oxygen atoms in total. The summed E-state index contributed by atoms with van der Waals surface area (Å²) in [6.45, 7) is 2.38. The van der Waals surface area contributed by atoms with Crippen molar-refractivity contribution in [2.45, 2.75) is 13.5 Å². The van der Waals surface area contributed by atoms with Gasteiger partial charge < -0.3 is 10.5 Å². The van der Waals surface area contributed by atoms with Crippen LogP contribution in [0.1, 0.15) is 16.7 Å². The number of ether oxygens (including phenoxy) is 1. The van der Waals surface area contributed by atoms with Gasteiger partial charge in [-0.25, -0.2) is 0 Å². The van der Waals surface area contributed by atoms with Crippen LogP contribution in [0.25, 0.3) is 6.08 Å². The topological polar surface area (TPSA) is 76.1 Å². The zero-order valence-corrected chi connectivity index (χ0v) is 13.3. The van der Waals surface area contributed by atoms with Crippen LogP contribution in [-0.2, 0) is 11.4 Å².